The molecule has 0 bridgehead atoms. The van der Waals surface area contributed by atoms with Crippen molar-refractivity contribution in [2.24, 2.45) is 0 Å². The third kappa shape index (κ3) is 2.41. The van der Waals surface area contributed by atoms with Crippen LogP contribution in [0.5, 0.6) is 0 Å². The van der Waals surface area contributed by atoms with E-state index >= 15 is 0 Å². The van der Waals surface area contributed by atoms with Gasteiger partial charge in [-0.3, -0.25) is 9.78 Å². The van der Waals surface area contributed by atoms with Crippen LogP contribution in [0.25, 0.3) is 10.9 Å². The summed E-state index contributed by atoms with van der Waals surface area (Å²) in [6.45, 7) is 2.05. The third-order valence-electron chi connectivity index (χ3n) is 3.04. The Labute approximate surface area is 107 Å². The van der Waals surface area contributed by atoms with Crippen molar-refractivity contribution in [1.82, 2.24) is 4.98 Å². The quantitative estimate of drug-likeness (QED) is 0.757. The molecule has 94 valence electrons. The van der Waals surface area contributed by atoms with Gasteiger partial charge in [-0.1, -0.05) is 31.5 Å². The molecule has 1 heterocycles. The maximum Gasteiger partial charge on any atom is 0.192 e. The second-order valence-corrected chi connectivity index (χ2v) is 4.25. The number of carbonyl (C=O) groups excluding carboxylic acids is 1. The van der Waals surface area contributed by atoms with Gasteiger partial charge in [-0.25, -0.2) is 0 Å². The van der Waals surface area contributed by atoms with E-state index in [1.807, 2.05) is 37.3 Å². The number of Topliss-reactive ketones (excluding diaryl/α,β-unsaturated/α-hetero) is 1. The average molecular weight is 243 g/mol. The van der Waals surface area contributed by atoms with Gasteiger partial charge in [0.2, 0.25) is 0 Å². The Morgan fingerprint density at radius 2 is 2.17 bits per heavy atom. The lowest BCUT2D eigenvalue weighted by Gasteiger charge is -2.14. The fourth-order valence-electron chi connectivity index (χ4n) is 2.11. The Morgan fingerprint density at radius 3 is 2.89 bits per heavy atom. The molecule has 2 aromatic rings. The topological polar surface area (TPSA) is 39.2 Å². The molecule has 0 N–H and O–H groups in total. The summed E-state index contributed by atoms with van der Waals surface area (Å²) in [6, 6.07) is 9.39. The normalized spacial score (nSPS) is 12.6. The van der Waals surface area contributed by atoms with E-state index in [0.29, 0.717) is 5.56 Å². The molecule has 18 heavy (non-hydrogen) atoms. The largest absolute Gasteiger partial charge is 0.373 e. The predicted molar refractivity (Wildman–Crippen MR) is 71.8 cm³/mol. The summed E-state index contributed by atoms with van der Waals surface area (Å²) in [5.74, 6) is 0.0398. The fourth-order valence-corrected chi connectivity index (χ4v) is 2.11. The SMILES string of the molecule is CCCC(OC)C(=O)c1cccc2ncccc12. The summed E-state index contributed by atoms with van der Waals surface area (Å²) in [6.07, 6.45) is 3.04. The Morgan fingerprint density at radius 1 is 1.33 bits per heavy atom. The summed E-state index contributed by atoms with van der Waals surface area (Å²) in [4.78, 5) is 16.7. The minimum Gasteiger partial charge on any atom is -0.373 e. The molecule has 3 heteroatoms. The van der Waals surface area contributed by atoms with E-state index in [1.54, 1.807) is 13.3 Å². The molecule has 0 aliphatic rings. The van der Waals surface area contributed by atoms with Gasteiger partial charge in [0.15, 0.2) is 5.78 Å². The van der Waals surface area contributed by atoms with Crippen molar-refractivity contribution in [3.05, 3.63) is 42.1 Å². The highest BCUT2D eigenvalue weighted by molar-refractivity contribution is 6.09. The zero-order valence-electron chi connectivity index (χ0n) is 10.7. The lowest BCUT2D eigenvalue weighted by Crippen LogP contribution is -2.23. The molecule has 2 rings (SSSR count). The summed E-state index contributed by atoms with van der Waals surface area (Å²) in [5.41, 5.74) is 1.54. The number of ketones is 1. The van der Waals surface area contributed by atoms with Crippen molar-refractivity contribution in [1.29, 1.82) is 0 Å². The summed E-state index contributed by atoms with van der Waals surface area (Å²) in [5, 5.41) is 0.892. The van der Waals surface area contributed by atoms with Crippen LogP contribution in [0.4, 0.5) is 0 Å². The van der Waals surface area contributed by atoms with E-state index in [9.17, 15) is 4.79 Å². The van der Waals surface area contributed by atoms with Crippen LogP contribution < -0.4 is 0 Å². The van der Waals surface area contributed by atoms with E-state index in [1.165, 1.54) is 0 Å². The van der Waals surface area contributed by atoms with Crippen molar-refractivity contribution in [3.8, 4) is 0 Å². The lowest BCUT2D eigenvalue weighted by atomic mass is 9.99. The Balaban J connectivity index is 2.44. The first-order valence-corrected chi connectivity index (χ1v) is 6.18. The van der Waals surface area contributed by atoms with Crippen LogP contribution in [0.2, 0.25) is 0 Å². The Hall–Kier alpha value is -1.74. The first-order chi connectivity index (χ1) is 8.77. The van der Waals surface area contributed by atoms with Gasteiger partial charge in [-0.2, -0.15) is 0 Å². The number of aromatic nitrogens is 1. The van der Waals surface area contributed by atoms with E-state index in [-0.39, 0.29) is 11.9 Å². The molecule has 0 amide bonds. The van der Waals surface area contributed by atoms with E-state index < -0.39 is 0 Å². The maximum atomic E-state index is 12.4. The van der Waals surface area contributed by atoms with Crippen molar-refractivity contribution >= 4 is 16.7 Å². The number of hydrogen-bond donors (Lipinski definition) is 0. The van der Waals surface area contributed by atoms with Crippen molar-refractivity contribution in [3.63, 3.8) is 0 Å². The van der Waals surface area contributed by atoms with E-state index in [4.69, 9.17) is 4.74 Å². The molecule has 0 saturated carbocycles. The third-order valence-corrected chi connectivity index (χ3v) is 3.04. The van der Waals surface area contributed by atoms with Gasteiger partial charge in [-0.05, 0) is 18.6 Å². The molecule has 1 unspecified atom stereocenters. The van der Waals surface area contributed by atoms with Gasteiger partial charge >= 0.3 is 0 Å². The van der Waals surface area contributed by atoms with Crippen LogP contribution >= 0.6 is 0 Å². The molecular weight excluding hydrogens is 226 g/mol. The first-order valence-electron chi connectivity index (χ1n) is 6.18. The van der Waals surface area contributed by atoms with Gasteiger partial charge in [0.05, 0.1) is 5.52 Å². The standard InChI is InChI=1S/C15H17NO2/c1-3-6-14(18-2)15(17)12-7-4-9-13-11(12)8-5-10-16-13/h4-5,7-10,14H,3,6H2,1-2H3. The molecule has 1 aromatic carbocycles. The van der Waals surface area contributed by atoms with Gasteiger partial charge in [0.1, 0.15) is 6.10 Å². The molecule has 0 fully saturated rings. The number of ether oxygens (including phenoxy) is 1. The highest BCUT2D eigenvalue weighted by atomic mass is 16.5. The van der Waals surface area contributed by atoms with Crippen LogP contribution in [-0.4, -0.2) is 24.0 Å². The van der Waals surface area contributed by atoms with Crippen molar-refractivity contribution in [2.45, 2.75) is 25.9 Å². The molecule has 0 aliphatic carbocycles. The highest BCUT2D eigenvalue weighted by Gasteiger charge is 2.20. The smallest absolute Gasteiger partial charge is 0.192 e. The van der Waals surface area contributed by atoms with Gasteiger partial charge in [-0.15, -0.1) is 0 Å². The van der Waals surface area contributed by atoms with Gasteiger partial charge in [0, 0.05) is 24.3 Å². The van der Waals surface area contributed by atoms with E-state index in [2.05, 4.69) is 4.98 Å². The van der Waals surface area contributed by atoms with E-state index in [0.717, 1.165) is 23.7 Å². The minimum atomic E-state index is -0.360. The zero-order valence-corrected chi connectivity index (χ0v) is 10.7. The van der Waals surface area contributed by atoms with Gasteiger partial charge in [0.25, 0.3) is 0 Å². The number of nitrogens with zero attached hydrogens (tertiary/aromatic N) is 1. The molecule has 1 aromatic heterocycles. The molecular formula is C15H17NO2. The number of benzene rings is 1. The van der Waals surface area contributed by atoms with Gasteiger partial charge < -0.3 is 4.74 Å². The number of pyridine rings is 1. The zero-order chi connectivity index (χ0) is 13.0. The van der Waals surface area contributed by atoms with Crippen LogP contribution in [0, 0.1) is 0 Å². The Kier molecular flexibility index (Phi) is 4.05. The fraction of sp³-hybridized carbons (Fsp3) is 0.333. The minimum absolute atomic E-state index is 0.0398. The summed E-state index contributed by atoms with van der Waals surface area (Å²) >= 11 is 0. The van der Waals surface area contributed by atoms with Crippen molar-refractivity contribution < 1.29 is 9.53 Å². The molecule has 0 radical (unpaired) electrons. The summed E-state index contributed by atoms with van der Waals surface area (Å²) < 4.78 is 5.29. The van der Waals surface area contributed by atoms with Crippen LogP contribution in [0.1, 0.15) is 30.1 Å². The number of hydrogen-bond acceptors (Lipinski definition) is 3. The van der Waals surface area contributed by atoms with Crippen molar-refractivity contribution in [2.75, 3.05) is 7.11 Å². The molecule has 0 spiro atoms. The van der Waals surface area contributed by atoms with Crippen LogP contribution in [-0.2, 0) is 4.74 Å². The molecule has 1 atom stereocenters. The second kappa shape index (κ2) is 5.74. The monoisotopic (exact) mass is 243 g/mol. The lowest BCUT2D eigenvalue weighted by molar-refractivity contribution is 0.0580. The number of rotatable bonds is 5. The highest BCUT2D eigenvalue weighted by Crippen LogP contribution is 2.20. The molecule has 0 aliphatic heterocycles. The molecule has 3 nitrogen and oxygen atoms in total. The number of carbonyl (C=O) groups is 1. The predicted octanol–water partition coefficient (Wildman–Crippen LogP) is 3.23. The average Bonchev–Trinajstić information content (AvgIpc) is 2.43. The number of methoxy groups -OCH3 is 1. The van der Waals surface area contributed by atoms with Crippen LogP contribution in [0.15, 0.2) is 36.5 Å². The molecule has 0 saturated heterocycles. The second-order valence-electron chi connectivity index (χ2n) is 4.25. The number of fused-ring (bicyclic) bond motifs is 1. The Bertz CT molecular complexity index is 546. The first kappa shape index (κ1) is 12.7. The maximum absolute atomic E-state index is 12.4. The summed E-state index contributed by atoms with van der Waals surface area (Å²) in [7, 11) is 1.58. The van der Waals surface area contributed by atoms with Crippen LogP contribution in [0.3, 0.4) is 0 Å².